The zero-order valence-corrected chi connectivity index (χ0v) is 11.5. The van der Waals surface area contributed by atoms with Crippen molar-refractivity contribution in [2.75, 3.05) is 25.0 Å². The van der Waals surface area contributed by atoms with Crippen LogP contribution in [0, 0.1) is 0 Å². The van der Waals surface area contributed by atoms with Crippen LogP contribution in [0.4, 0.5) is 5.82 Å². The SMILES string of the molecule is CCCNc1ccc(Cl)c(CN2CCC(O)C2)n1. The molecular formula is C13H20ClN3O. The lowest BCUT2D eigenvalue weighted by Crippen LogP contribution is -2.22. The Bertz CT molecular complexity index is 400. The van der Waals surface area contributed by atoms with Crippen LogP contribution < -0.4 is 5.32 Å². The van der Waals surface area contributed by atoms with E-state index in [4.69, 9.17) is 11.6 Å². The third kappa shape index (κ3) is 3.57. The quantitative estimate of drug-likeness (QED) is 0.860. The topological polar surface area (TPSA) is 48.4 Å². The maximum atomic E-state index is 9.51. The second-order valence-corrected chi connectivity index (χ2v) is 5.14. The van der Waals surface area contributed by atoms with Gasteiger partial charge >= 0.3 is 0 Å². The molecular weight excluding hydrogens is 250 g/mol. The molecule has 2 rings (SSSR count). The lowest BCUT2D eigenvalue weighted by atomic mass is 10.3. The highest BCUT2D eigenvalue weighted by molar-refractivity contribution is 6.31. The van der Waals surface area contributed by atoms with Crippen LogP contribution in [0.25, 0.3) is 0 Å². The van der Waals surface area contributed by atoms with Gasteiger partial charge in [-0.1, -0.05) is 18.5 Å². The van der Waals surface area contributed by atoms with Crippen molar-refractivity contribution in [2.45, 2.75) is 32.4 Å². The Hall–Kier alpha value is -0.840. The van der Waals surface area contributed by atoms with E-state index in [1.165, 1.54) is 0 Å². The Morgan fingerprint density at radius 2 is 2.39 bits per heavy atom. The van der Waals surface area contributed by atoms with Gasteiger partial charge < -0.3 is 10.4 Å². The van der Waals surface area contributed by atoms with Gasteiger partial charge in [-0.15, -0.1) is 0 Å². The van der Waals surface area contributed by atoms with Crippen molar-refractivity contribution < 1.29 is 5.11 Å². The molecule has 1 fully saturated rings. The van der Waals surface area contributed by atoms with Crippen LogP contribution in [0.5, 0.6) is 0 Å². The minimum absolute atomic E-state index is 0.204. The van der Waals surface area contributed by atoms with Crippen molar-refractivity contribution in [3.63, 3.8) is 0 Å². The van der Waals surface area contributed by atoms with Crippen molar-refractivity contribution in [3.8, 4) is 0 Å². The van der Waals surface area contributed by atoms with Crippen molar-refractivity contribution in [2.24, 2.45) is 0 Å². The van der Waals surface area contributed by atoms with E-state index in [-0.39, 0.29) is 6.10 Å². The van der Waals surface area contributed by atoms with Crippen LogP contribution in [-0.4, -0.2) is 40.7 Å². The lowest BCUT2D eigenvalue weighted by molar-refractivity contribution is 0.174. The molecule has 0 aromatic carbocycles. The molecule has 0 radical (unpaired) electrons. The number of aliphatic hydroxyl groups is 1. The molecule has 1 aliphatic heterocycles. The van der Waals surface area contributed by atoms with Crippen molar-refractivity contribution in [1.29, 1.82) is 0 Å². The highest BCUT2D eigenvalue weighted by Crippen LogP contribution is 2.20. The molecule has 1 saturated heterocycles. The molecule has 2 heterocycles. The standard InChI is InChI=1S/C13H20ClN3O/c1-2-6-15-13-4-3-11(14)12(16-13)9-17-7-5-10(18)8-17/h3-4,10,18H,2,5-9H2,1H3,(H,15,16). The van der Waals surface area contributed by atoms with Gasteiger partial charge in [-0.25, -0.2) is 4.98 Å². The fraction of sp³-hybridized carbons (Fsp3) is 0.615. The van der Waals surface area contributed by atoms with Gasteiger partial charge in [-0.3, -0.25) is 4.90 Å². The summed E-state index contributed by atoms with van der Waals surface area (Å²) in [6, 6.07) is 3.79. The van der Waals surface area contributed by atoms with Crippen molar-refractivity contribution >= 4 is 17.4 Å². The summed E-state index contributed by atoms with van der Waals surface area (Å²) in [6.07, 6.45) is 1.70. The lowest BCUT2D eigenvalue weighted by Gasteiger charge is -2.16. The Morgan fingerprint density at radius 3 is 3.06 bits per heavy atom. The normalized spacial score (nSPS) is 20.3. The molecule has 5 heteroatoms. The number of β-amino-alcohol motifs (C(OH)–C–C–N with tert-alkyl or cyclic N) is 1. The number of rotatable bonds is 5. The number of likely N-dealkylation sites (tertiary alicyclic amines) is 1. The highest BCUT2D eigenvalue weighted by atomic mass is 35.5. The number of halogens is 1. The molecule has 0 amide bonds. The molecule has 0 aliphatic carbocycles. The number of aromatic nitrogens is 1. The number of hydrogen-bond donors (Lipinski definition) is 2. The van der Waals surface area contributed by atoms with Gasteiger partial charge in [0.1, 0.15) is 5.82 Å². The molecule has 4 nitrogen and oxygen atoms in total. The fourth-order valence-corrected chi connectivity index (χ4v) is 2.28. The van der Waals surface area contributed by atoms with Gasteiger partial charge in [0.25, 0.3) is 0 Å². The average Bonchev–Trinajstić information content (AvgIpc) is 2.76. The predicted octanol–water partition coefficient (Wildman–Crippen LogP) is 2.12. The Kier molecular flexibility index (Phi) is 4.80. The first-order valence-corrected chi connectivity index (χ1v) is 6.86. The molecule has 1 atom stereocenters. The van der Waals surface area contributed by atoms with E-state index in [9.17, 15) is 5.11 Å². The summed E-state index contributed by atoms with van der Waals surface area (Å²) >= 11 is 6.17. The first kappa shape index (κ1) is 13.6. The monoisotopic (exact) mass is 269 g/mol. The summed E-state index contributed by atoms with van der Waals surface area (Å²) in [5.41, 5.74) is 0.881. The Morgan fingerprint density at radius 1 is 1.56 bits per heavy atom. The summed E-state index contributed by atoms with van der Waals surface area (Å²) in [5, 5.41) is 13.5. The number of aliphatic hydroxyl groups excluding tert-OH is 1. The van der Waals surface area contributed by atoms with Crippen LogP contribution in [0.1, 0.15) is 25.5 Å². The van der Waals surface area contributed by atoms with Gasteiger partial charge in [-0.05, 0) is 25.0 Å². The molecule has 1 unspecified atom stereocenters. The van der Waals surface area contributed by atoms with Crippen LogP contribution in [0.2, 0.25) is 5.02 Å². The summed E-state index contributed by atoms with van der Waals surface area (Å²) in [5.74, 6) is 0.871. The third-order valence-electron chi connectivity index (χ3n) is 3.10. The van der Waals surface area contributed by atoms with Gasteiger partial charge in [0.15, 0.2) is 0 Å². The number of nitrogens with zero attached hydrogens (tertiary/aromatic N) is 2. The van der Waals surface area contributed by atoms with E-state index in [1.54, 1.807) is 0 Å². The molecule has 1 aromatic heterocycles. The number of anilines is 1. The summed E-state index contributed by atoms with van der Waals surface area (Å²) in [7, 11) is 0. The minimum Gasteiger partial charge on any atom is -0.392 e. The Labute approximate surface area is 113 Å². The highest BCUT2D eigenvalue weighted by Gasteiger charge is 2.21. The minimum atomic E-state index is -0.204. The smallest absolute Gasteiger partial charge is 0.126 e. The predicted molar refractivity (Wildman–Crippen MR) is 73.9 cm³/mol. The molecule has 100 valence electrons. The zero-order valence-electron chi connectivity index (χ0n) is 10.7. The number of pyridine rings is 1. The molecule has 1 aromatic rings. The van der Waals surface area contributed by atoms with Gasteiger partial charge in [0.2, 0.25) is 0 Å². The first-order valence-electron chi connectivity index (χ1n) is 6.48. The van der Waals surface area contributed by atoms with Gasteiger partial charge in [0.05, 0.1) is 16.8 Å². The maximum Gasteiger partial charge on any atom is 0.126 e. The van der Waals surface area contributed by atoms with E-state index in [2.05, 4.69) is 22.1 Å². The molecule has 1 aliphatic rings. The zero-order chi connectivity index (χ0) is 13.0. The molecule has 0 bridgehead atoms. The van der Waals surface area contributed by atoms with Crippen LogP contribution in [0.15, 0.2) is 12.1 Å². The van der Waals surface area contributed by atoms with Crippen LogP contribution in [0.3, 0.4) is 0 Å². The van der Waals surface area contributed by atoms with Crippen LogP contribution in [-0.2, 0) is 6.54 Å². The molecule has 2 N–H and O–H groups in total. The number of hydrogen-bond acceptors (Lipinski definition) is 4. The first-order chi connectivity index (χ1) is 8.69. The van der Waals surface area contributed by atoms with E-state index in [0.717, 1.165) is 37.4 Å². The van der Waals surface area contributed by atoms with E-state index >= 15 is 0 Å². The van der Waals surface area contributed by atoms with Gasteiger partial charge in [0, 0.05) is 26.2 Å². The summed E-state index contributed by atoms with van der Waals surface area (Å²) < 4.78 is 0. The average molecular weight is 270 g/mol. The largest absolute Gasteiger partial charge is 0.392 e. The van der Waals surface area contributed by atoms with Crippen LogP contribution >= 0.6 is 11.6 Å². The van der Waals surface area contributed by atoms with Crippen molar-refractivity contribution in [3.05, 3.63) is 22.8 Å². The summed E-state index contributed by atoms with van der Waals surface area (Å²) in [6.45, 7) is 5.36. The van der Waals surface area contributed by atoms with E-state index in [1.807, 2.05) is 12.1 Å². The molecule has 0 saturated carbocycles. The number of nitrogens with one attached hydrogen (secondary N) is 1. The molecule has 18 heavy (non-hydrogen) atoms. The van der Waals surface area contributed by atoms with Crippen molar-refractivity contribution in [1.82, 2.24) is 9.88 Å². The second-order valence-electron chi connectivity index (χ2n) is 4.73. The summed E-state index contributed by atoms with van der Waals surface area (Å²) in [4.78, 5) is 6.71. The Balaban J connectivity index is 2.01. The maximum absolute atomic E-state index is 9.51. The second kappa shape index (κ2) is 6.36. The fourth-order valence-electron chi connectivity index (χ4n) is 2.11. The van der Waals surface area contributed by atoms with E-state index < -0.39 is 0 Å². The third-order valence-corrected chi connectivity index (χ3v) is 3.44. The van der Waals surface area contributed by atoms with Gasteiger partial charge in [-0.2, -0.15) is 0 Å². The van der Waals surface area contributed by atoms with E-state index in [0.29, 0.717) is 18.1 Å². The molecule has 0 spiro atoms.